The van der Waals surface area contributed by atoms with Gasteiger partial charge in [-0.05, 0) is 63.8 Å². The fourth-order valence-electron chi connectivity index (χ4n) is 2.83. The van der Waals surface area contributed by atoms with Crippen molar-refractivity contribution in [3.05, 3.63) is 35.6 Å². The molecule has 0 bridgehead atoms. The van der Waals surface area contributed by atoms with Gasteiger partial charge in [0.1, 0.15) is 11.4 Å². The van der Waals surface area contributed by atoms with Crippen LogP contribution in [0.5, 0.6) is 0 Å². The van der Waals surface area contributed by atoms with Crippen molar-refractivity contribution < 1.29 is 13.9 Å². The number of rotatable bonds is 5. The fourth-order valence-corrected chi connectivity index (χ4v) is 2.83. The number of halogens is 1. The summed E-state index contributed by atoms with van der Waals surface area (Å²) in [5, 5.41) is 2.82. The van der Waals surface area contributed by atoms with E-state index in [0.717, 1.165) is 38.0 Å². The van der Waals surface area contributed by atoms with Gasteiger partial charge in [-0.2, -0.15) is 0 Å². The van der Waals surface area contributed by atoms with Crippen molar-refractivity contribution in [2.75, 3.05) is 19.6 Å². The summed E-state index contributed by atoms with van der Waals surface area (Å²) in [4.78, 5) is 14.0. The SMILES string of the molecule is CC(C)(C)OC(=O)NCCC1CCN(Cc2ccc(F)cc2)C1. The number of likely N-dealkylation sites (tertiary alicyclic amines) is 1. The molecule has 1 atom stereocenters. The van der Waals surface area contributed by atoms with Crippen molar-refractivity contribution in [2.45, 2.75) is 45.8 Å². The van der Waals surface area contributed by atoms with Crippen LogP contribution in [0.15, 0.2) is 24.3 Å². The number of amides is 1. The summed E-state index contributed by atoms with van der Waals surface area (Å²) in [7, 11) is 0. The van der Waals surface area contributed by atoms with Gasteiger partial charge in [-0.1, -0.05) is 12.1 Å². The second-order valence-electron chi connectivity index (χ2n) is 7.23. The van der Waals surface area contributed by atoms with Gasteiger partial charge < -0.3 is 10.1 Å². The molecule has 1 unspecified atom stereocenters. The molecular formula is C18H27FN2O2. The van der Waals surface area contributed by atoms with Crippen molar-refractivity contribution in [2.24, 2.45) is 5.92 Å². The molecule has 1 aliphatic rings. The van der Waals surface area contributed by atoms with Crippen LogP contribution in [-0.2, 0) is 11.3 Å². The monoisotopic (exact) mass is 322 g/mol. The first kappa shape index (κ1) is 17.7. The maximum atomic E-state index is 12.9. The highest BCUT2D eigenvalue weighted by Crippen LogP contribution is 2.21. The number of carbonyl (C=O) groups is 1. The van der Waals surface area contributed by atoms with Crippen LogP contribution in [0.2, 0.25) is 0 Å². The highest BCUT2D eigenvalue weighted by atomic mass is 19.1. The average Bonchev–Trinajstić information content (AvgIpc) is 2.87. The van der Waals surface area contributed by atoms with Crippen molar-refractivity contribution >= 4 is 6.09 Å². The lowest BCUT2D eigenvalue weighted by atomic mass is 10.1. The van der Waals surface area contributed by atoms with Gasteiger partial charge in [0.15, 0.2) is 0 Å². The molecule has 1 aliphatic heterocycles. The smallest absolute Gasteiger partial charge is 0.407 e. The van der Waals surface area contributed by atoms with E-state index < -0.39 is 5.60 Å². The molecule has 4 nitrogen and oxygen atoms in total. The van der Waals surface area contributed by atoms with Gasteiger partial charge >= 0.3 is 6.09 Å². The number of alkyl carbamates (subject to hydrolysis) is 1. The zero-order valence-corrected chi connectivity index (χ0v) is 14.3. The van der Waals surface area contributed by atoms with E-state index >= 15 is 0 Å². The topological polar surface area (TPSA) is 41.6 Å². The number of ether oxygens (including phenoxy) is 1. The van der Waals surface area contributed by atoms with E-state index in [1.165, 1.54) is 12.1 Å². The molecule has 0 aromatic heterocycles. The van der Waals surface area contributed by atoms with Gasteiger partial charge in [0.25, 0.3) is 0 Å². The highest BCUT2D eigenvalue weighted by Gasteiger charge is 2.22. The molecule has 1 aromatic rings. The summed E-state index contributed by atoms with van der Waals surface area (Å²) < 4.78 is 18.1. The highest BCUT2D eigenvalue weighted by molar-refractivity contribution is 5.67. The second kappa shape index (κ2) is 7.77. The Labute approximate surface area is 138 Å². The lowest BCUT2D eigenvalue weighted by molar-refractivity contribution is 0.0525. The summed E-state index contributed by atoms with van der Waals surface area (Å²) in [6.07, 6.45) is 1.75. The summed E-state index contributed by atoms with van der Waals surface area (Å²) in [6.45, 7) is 9.15. The maximum Gasteiger partial charge on any atom is 0.407 e. The van der Waals surface area contributed by atoms with Crippen molar-refractivity contribution in [3.63, 3.8) is 0 Å². The lowest BCUT2D eigenvalue weighted by Crippen LogP contribution is -2.33. The normalized spacial score (nSPS) is 18.9. The van der Waals surface area contributed by atoms with Crippen LogP contribution in [-0.4, -0.2) is 36.2 Å². The van der Waals surface area contributed by atoms with Crippen LogP contribution in [0.25, 0.3) is 0 Å². The Morgan fingerprint density at radius 1 is 1.35 bits per heavy atom. The number of hydrogen-bond donors (Lipinski definition) is 1. The molecule has 23 heavy (non-hydrogen) atoms. The Balaban J connectivity index is 1.65. The minimum Gasteiger partial charge on any atom is -0.444 e. The van der Waals surface area contributed by atoms with Crippen molar-refractivity contribution in [1.82, 2.24) is 10.2 Å². The predicted molar refractivity (Wildman–Crippen MR) is 88.6 cm³/mol. The van der Waals surface area contributed by atoms with E-state index in [-0.39, 0.29) is 11.9 Å². The summed E-state index contributed by atoms with van der Waals surface area (Å²) in [6, 6.07) is 6.70. The minimum absolute atomic E-state index is 0.193. The zero-order chi connectivity index (χ0) is 16.9. The maximum absolute atomic E-state index is 12.9. The van der Waals surface area contributed by atoms with Crippen LogP contribution < -0.4 is 5.32 Å². The minimum atomic E-state index is -0.455. The lowest BCUT2D eigenvalue weighted by Gasteiger charge is -2.20. The van der Waals surface area contributed by atoms with Gasteiger partial charge in [0.05, 0.1) is 0 Å². The third-order valence-electron chi connectivity index (χ3n) is 3.91. The van der Waals surface area contributed by atoms with Gasteiger partial charge in [0, 0.05) is 19.6 Å². The van der Waals surface area contributed by atoms with E-state index in [0.29, 0.717) is 12.5 Å². The first-order chi connectivity index (χ1) is 10.8. The molecule has 1 amide bonds. The number of hydrogen-bond acceptors (Lipinski definition) is 3. The Morgan fingerprint density at radius 3 is 2.70 bits per heavy atom. The summed E-state index contributed by atoms with van der Waals surface area (Å²) in [5.41, 5.74) is 0.683. The molecule has 1 aromatic carbocycles. The Bertz CT molecular complexity index is 511. The molecule has 0 saturated carbocycles. The number of nitrogens with zero attached hydrogens (tertiary/aromatic N) is 1. The molecule has 1 saturated heterocycles. The van der Waals surface area contributed by atoms with E-state index in [1.54, 1.807) is 0 Å². The Kier molecular flexibility index (Phi) is 5.99. The van der Waals surface area contributed by atoms with E-state index in [4.69, 9.17) is 4.74 Å². The fraction of sp³-hybridized carbons (Fsp3) is 0.611. The summed E-state index contributed by atoms with van der Waals surface area (Å²) >= 11 is 0. The van der Waals surface area contributed by atoms with E-state index in [2.05, 4.69) is 10.2 Å². The van der Waals surface area contributed by atoms with Crippen LogP contribution in [0.4, 0.5) is 9.18 Å². The van der Waals surface area contributed by atoms with Gasteiger partial charge in [-0.15, -0.1) is 0 Å². The van der Waals surface area contributed by atoms with Gasteiger partial charge in [0.2, 0.25) is 0 Å². The van der Waals surface area contributed by atoms with Crippen molar-refractivity contribution in [3.8, 4) is 0 Å². The first-order valence-corrected chi connectivity index (χ1v) is 8.25. The predicted octanol–water partition coefficient (Wildman–Crippen LogP) is 3.56. The molecule has 0 radical (unpaired) electrons. The molecule has 0 aliphatic carbocycles. The average molecular weight is 322 g/mol. The van der Waals surface area contributed by atoms with Crippen LogP contribution in [0, 0.1) is 11.7 Å². The molecule has 1 heterocycles. The number of nitrogens with one attached hydrogen (secondary N) is 1. The molecule has 2 rings (SSSR count). The Hall–Kier alpha value is -1.62. The van der Waals surface area contributed by atoms with Crippen molar-refractivity contribution in [1.29, 1.82) is 0 Å². The largest absolute Gasteiger partial charge is 0.444 e. The second-order valence-corrected chi connectivity index (χ2v) is 7.23. The molecular weight excluding hydrogens is 295 g/mol. The zero-order valence-electron chi connectivity index (χ0n) is 14.3. The standard InChI is InChI=1S/C18H27FN2O2/c1-18(2,3)23-17(22)20-10-8-15-9-11-21(13-15)12-14-4-6-16(19)7-5-14/h4-7,15H,8-13H2,1-3H3,(H,20,22). The molecule has 0 spiro atoms. The van der Waals surface area contributed by atoms with Crippen LogP contribution >= 0.6 is 0 Å². The molecule has 1 N–H and O–H groups in total. The van der Waals surface area contributed by atoms with Crippen LogP contribution in [0.1, 0.15) is 39.2 Å². The first-order valence-electron chi connectivity index (χ1n) is 8.25. The third-order valence-corrected chi connectivity index (χ3v) is 3.91. The Morgan fingerprint density at radius 2 is 2.04 bits per heavy atom. The van der Waals surface area contributed by atoms with Crippen LogP contribution in [0.3, 0.4) is 0 Å². The number of carbonyl (C=O) groups excluding carboxylic acids is 1. The van der Waals surface area contributed by atoms with Gasteiger partial charge in [-0.3, -0.25) is 4.90 Å². The summed E-state index contributed by atoms with van der Waals surface area (Å²) in [5.74, 6) is 0.395. The number of benzene rings is 1. The molecule has 128 valence electrons. The molecule has 5 heteroatoms. The molecule has 1 fully saturated rings. The van der Waals surface area contributed by atoms with E-state index in [1.807, 2.05) is 32.9 Å². The van der Waals surface area contributed by atoms with Gasteiger partial charge in [-0.25, -0.2) is 9.18 Å². The third kappa shape index (κ3) is 6.57. The van der Waals surface area contributed by atoms with E-state index in [9.17, 15) is 9.18 Å². The quantitative estimate of drug-likeness (QED) is 0.901.